The molecule has 42 heavy (non-hydrogen) atoms. The molecule has 0 radical (unpaired) electrons. The van der Waals surface area contributed by atoms with Crippen molar-refractivity contribution in [1.82, 2.24) is 14.7 Å². The van der Waals surface area contributed by atoms with Crippen LogP contribution in [0.1, 0.15) is 57.9 Å². The van der Waals surface area contributed by atoms with Gasteiger partial charge in [-0.3, -0.25) is 14.5 Å². The number of ether oxygens (including phenoxy) is 5. The van der Waals surface area contributed by atoms with Crippen LogP contribution in [-0.4, -0.2) is 118 Å². The highest BCUT2D eigenvalue weighted by Gasteiger charge is 2.51. The Balaban J connectivity index is 1.64. The minimum atomic E-state index is -0.894. The molecule has 4 rings (SSSR count). The summed E-state index contributed by atoms with van der Waals surface area (Å²) in [5, 5.41) is 10.7. The summed E-state index contributed by atoms with van der Waals surface area (Å²) in [5.41, 5.74) is 0.328. The summed E-state index contributed by atoms with van der Waals surface area (Å²) in [7, 11) is 5.62. The van der Waals surface area contributed by atoms with Crippen molar-refractivity contribution in [2.24, 2.45) is 11.3 Å². The molecule has 3 aliphatic heterocycles. The van der Waals surface area contributed by atoms with E-state index in [2.05, 4.69) is 16.7 Å². The first-order valence-corrected chi connectivity index (χ1v) is 15.2. The highest BCUT2D eigenvalue weighted by Crippen LogP contribution is 2.48. The number of carboxylic acid groups (broad SMARTS) is 1. The second kappa shape index (κ2) is 14.2. The number of hydrogen-bond acceptors (Lipinski definition) is 9. The zero-order chi connectivity index (χ0) is 30.4. The Morgan fingerprint density at radius 3 is 2.45 bits per heavy atom. The van der Waals surface area contributed by atoms with Gasteiger partial charge in [0, 0.05) is 37.0 Å². The van der Waals surface area contributed by atoms with Gasteiger partial charge < -0.3 is 38.6 Å². The van der Waals surface area contributed by atoms with E-state index in [1.54, 1.807) is 7.11 Å². The number of hydrogen-bond donors (Lipinski definition) is 1. The smallest absolute Gasteiger partial charge is 0.308 e. The molecule has 3 aliphatic rings. The van der Waals surface area contributed by atoms with Crippen molar-refractivity contribution < 1.29 is 38.4 Å². The number of amides is 1. The van der Waals surface area contributed by atoms with E-state index in [1.165, 1.54) is 0 Å². The molecule has 0 bridgehead atoms. The Morgan fingerprint density at radius 2 is 1.81 bits per heavy atom. The number of nitrogens with zero attached hydrogens (tertiary/aromatic N) is 3. The maximum absolute atomic E-state index is 13.8. The SMILES string of the molecule is CCCCN(CCCN(C)C)C(=O)CN1C[C@H](c2cc(OC)c3c(c2)OCO3)[C@@H](C(=O)O)[C@@H]1CC(C)(C)C1OCCO1. The van der Waals surface area contributed by atoms with Gasteiger partial charge in [0.2, 0.25) is 18.4 Å². The Bertz CT molecular complexity index is 1070. The summed E-state index contributed by atoms with van der Waals surface area (Å²) in [5.74, 6) is -0.435. The van der Waals surface area contributed by atoms with Gasteiger partial charge in [0.25, 0.3) is 0 Å². The molecule has 236 valence electrons. The third-order valence-electron chi connectivity index (χ3n) is 8.64. The second-order valence-corrected chi connectivity index (χ2v) is 12.6. The topological polar surface area (TPSA) is 110 Å². The van der Waals surface area contributed by atoms with Crippen LogP contribution in [-0.2, 0) is 19.1 Å². The monoisotopic (exact) mass is 591 g/mol. The first-order chi connectivity index (χ1) is 20.1. The number of carbonyl (C=O) groups excluding carboxylic acids is 1. The van der Waals surface area contributed by atoms with Crippen LogP contribution in [0.3, 0.4) is 0 Å². The van der Waals surface area contributed by atoms with Gasteiger partial charge in [-0.05, 0) is 57.6 Å². The molecule has 1 amide bonds. The standard InChI is InChI=1S/C31H49N3O8/c1-7-8-11-33(12-9-10-32(4)5)26(35)19-34-18-22(21-15-24(38-6)28-25(16-21)41-20-42-28)27(29(36)37)23(34)17-31(2,3)30-39-13-14-40-30/h15-16,22-23,27,30H,7-14,17-20H2,1-6H3,(H,36,37)/t22-,23+,27-/m1/s1. The summed E-state index contributed by atoms with van der Waals surface area (Å²) in [6, 6.07) is 3.29. The molecule has 2 saturated heterocycles. The van der Waals surface area contributed by atoms with Gasteiger partial charge >= 0.3 is 5.97 Å². The Labute approximate surface area is 250 Å². The molecule has 11 nitrogen and oxygen atoms in total. The molecule has 1 aromatic carbocycles. The van der Waals surface area contributed by atoms with Crippen LogP contribution in [0.5, 0.6) is 17.2 Å². The second-order valence-electron chi connectivity index (χ2n) is 12.6. The van der Waals surface area contributed by atoms with Gasteiger partial charge in [0.15, 0.2) is 17.8 Å². The Morgan fingerprint density at radius 1 is 1.10 bits per heavy atom. The predicted octanol–water partition coefficient (Wildman–Crippen LogP) is 3.26. The number of fused-ring (bicyclic) bond motifs is 1. The number of unbranched alkanes of at least 4 members (excludes halogenated alkanes) is 1. The van der Waals surface area contributed by atoms with E-state index in [0.717, 1.165) is 31.4 Å². The average molecular weight is 592 g/mol. The number of carboxylic acids is 1. The van der Waals surface area contributed by atoms with Crippen LogP contribution in [0.4, 0.5) is 0 Å². The number of benzene rings is 1. The van der Waals surface area contributed by atoms with E-state index in [1.807, 2.05) is 45.0 Å². The maximum Gasteiger partial charge on any atom is 0.308 e. The van der Waals surface area contributed by atoms with Crippen molar-refractivity contribution in [2.45, 2.75) is 64.7 Å². The number of aliphatic carboxylic acids is 1. The van der Waals surface area contributed by atoms with Gasteiger partial charge in [-0.15, -0.1) is 0 Å². The van der Waals surface area contributed by atoms with Crippen molar-refractivity contribution >= 4 is 11.9 Å². The van der Waals surface area contributed by atoms with Crippen LogP contribution in [0.2, 0.25) is 0 Å². The molecule has 1 N–H and O–H groups in total. The first kappa shape index (κ1) is 32.3. The molecule has 0 saturated carbocycles. The zero-order valence-corrected chi connectivity index (χ0v) is 26.1. The van der Waals surface area contributed by atoms with Crippen LogP contribution in [0, 0.1) is 11.3 Å². The van der Waals surface area contributed by atoms with Gasteiger partial charge in [-0.1, -0.05) is 27.2 Å². The summed E-state index contributed by atoms with van der Waals surface area (Å²) in [4.78, 5) is 33.0. The maximum atomic E-state index is 13.8. The summed E-state index contributed by atoms with van der Waals surface area (Å²) in [6.07, 6.45) is 2.87. The third-order valence-corrected chi connectivity index (χ3v) is 8.64. The van der Waals surface area contributed by atoms with Crippen molar-refractivity contribution in [3.05, 3.63) is 17.7 Å². The summed E-state index contributed by atoms with van der Waals surface area (Å²) >= 11 is 0. The molecule has 2 fully saturated rings. The third kappa shape index (κ3) is 7.48. The minimum Gasteiger partial charge on any atom is -0.493 e. The van der Waals surface area contributed by atoms with Crippen LogP contribution in [0.15, 0.2) is 12.1 Å². The van der Waals surface area contributed by atoms with Gasteiger partial charge in [0.05, 0.1) is 32.8 Å². The lowest BCUT2D eigenvalue weighted by atomic mass is 9.77. The predicted molar refractivity (Wildman–Crippen MR) is 157 cm³/mol. The Kier molecular flexibility index (Phi) is 11.0. The largest absolute Gasteiger partial charge is 0.493 e. The minimum absolute atomic E-state index is 0.0337. The normalized spacial score (nSPS) is 22.7. The van der Waals surface area contributed by atoms with E-state index in [9.17, 15) is 14.7 Å². The highest BCUT2D eigenvalue weighted by molar-refractivity contribution is 5.79. The van der Waals surface area contributed by atoms with Crippen molar-refractivity contribution in [3.8, 4) is 17.2 Å². The lowest BCUT2D eigenvalue weighted by Crippen LogP contribution is -2.47. The van der Waals surface area contributed by atoms with Gasteiger partial charge in [-0.2, -0.15) is 0 Å². The first-order valence-electron chi connectivity index (χ1n) is 15.2. The van der Waals surface area contributed by atoms with Crippen molar-refractivity contribution in [2.75, 3.05) is 73.9 Å². The molecular weight excluding hydrogens is 542 g/mol. The number of rotatable bonds is 15. The fraction of sp³-hybridized carbons (Fsp3) is 0.742. The van der Waals surface area contributed by atoms with E-state index < -0.39 is 29.6 Å². The molecule has 0 spiro atoms. The van der Waals surface area contributed by atoms with E-state index in [-0.39, 0.29) is 25.2 Å². The molecule has 0 aliphatic carbocycles. The lowest BCUT2D eigenvalue weighted by molar-refractivity contribution is -0.148. The molecular formula is C31H49N3O8. The molecule has 3 atom stereocenters. The van der Waals surface area contributed by atoms with Crippen LogP contribution < -0.4 is 14.2 Å². The van der Waals surface area contributed by atoms with E-state index in [4.69, 9.17) is 23.7 Å². The fourth-order valence-corrected chi connectivity index (χ4v) is 6.45. The molecule has 1 aromatic rings. The van der Waals surface area contributed by atoms with E-state index >= 15 is 0 Å². The molecule has 0 unspecified atom stereocenters. The number of methoxy groups -OCH3 is 1. The van der Waals surface area contributed by atoms with Gasteiger partial charge in [0.1, 0.15) is 0 Å². The average Bonchev–Trinajstić information content (AvgIpc) is 3.70. The molecule has 3 heterocycles. The van der Waals surface area contributed by atoms with E-state index in [0.29, 0.717) is 56.5 Å². The zero-order valence-electron chi connectivity index (χ0n) is 26.1. The van der Waals surface area contributed by atoms with Crippen LogP contribution >= 0.6 is 0 Å². The fourth-order valence-electron chi connectivity index (χ4n) is 6.45. The Hall–Kier alpha value is -2.60. The molecule has 11 heteroatoms. The van der Waals surface area contributed by atoms with Crippen molar-refractivity contribution in [1.29, 1.82) is 0 Å². The quantitative estimate of drug-likeness (QED) is 0.326. The highest BCUT2D eigenvalue weighted by atomic mass is 16.7. The van der Waals surface area contributed by atoms with Gasteiger partial charge in [-0.25, -0.2) is 0 Å². The molecule has 0 aromatic heterocycles. The summed E-state index contributed by atoms with van der Waals surface area (Å²) in [6.45, 7) is 10.2. The van der Waals surface area contributed by atoms with Crippen LogP contribution in [0.25, 0.3) is 0 Å². The number of likely N-dealkylation sites (tertiary alicyclic amines) is 1. The lowest BCUT2D eigenvalue weighted by Gasteiger charge is -2.37. The number of carbonyl (C=O) groups is 2. The van der Waals surface area contributed by atoms with Crippen molar-refractivity contribution in [3.63, 3.8) is 0 Å². The summed E-state index contributed by atoms with van der Waals surface area (Å²) < 4.78 is 28.6.